The zero-order chi connectivity index (χ0) is 16.7. The second-order valence-electron chi connectivity index (χ2n) is 5.32. The van der Waals surface area contributed by atoms with Crippen LogP contribution in [0.15, 0.2) is 30.3 Å². The zero-order valence-corrected chi connectivity index (χ0v) is 14.0. The van der Waals surface area contributed by atoms with E-state index in [2.05, 4.69) is 0 Å². The fraction of sp³-hybridized carbons (Fsp3) is 0.176. The fourth-order valence-electron chi connectivity index (χ4n) is 2.63. The maximum Gasteiger partial charge on any atom is 0.261 e. The van der Waals surface area contributed by atoms with E-state index < -0.39 is 0 Å². The number of halogens is 2. The molecule has 2 amide bonds. The van der Waals surface area contributed by atoms with Gasteiger partial charge in [0.05, 0.1) is 34.8 Å². The van der Waals surface area contributed by atoms with Gasteiger partial charge in [-0.1, -0.05) is 40.9 Å². The highest BCUT2D eigenvalue weighted by Crippen LogP contribution is 2.33. The normalized spacial score (nSPS) is 13.5. The summed E-state index contributed by atoms with van der Waals surface area (Å²) in [4.78, 5) is 26.2. The van der Waals surface area contributed by atoms with Gasteiger partial charge in [0.2, 0.25) is 0 Å². The molecule has 0 saturated carbocycles. The second-order valence-corrected chi connectivity index (χ2v) is 6.14. The molecule has 1 aliphatic rings. The van der Waals surface area contributed by atoms with E-state index in [1.165, 1.54) is 17.0 Å². The van der Waals surface area contributed by atoms with E-state index in [0.717, 1.165) is 11.1 Å². The summed E-state index contributed by atoms with van der Waals surface area (Å²) >= 11 is 11.9. The summed E-state index contributed by atoms with van der Waals surface area (Å²) in [6, 6.07) is 8.49. The van der Waals surface area contributed by atoms with Gasteiger partial charge in [-0.15, -0.1) is 0 Å². The number of imide groups is 1. The van der Waals surface area contributed by atoms with Gasteiger partial charge in [-0.3, -0.25) is 14.5 Å². The average Bonchev–Trinajstić information content (AvgIpc) is 2.73. The first-order valence-electron chi connectivity index (χ1n) is 6.91. The Hall–Kier alpha value is -2.04. The third kappa shape index (κ3) is 2.69. The summed E-state index contributed by atoms with van der Waals surface area (Å²) < 4.78 is 5.30. The van der Waals surface area contributed by atoms with Crippen molar-refractivity contribution >= 4 is 35.0 Å². The first-order chi connectivity index (χ1) is 10.9. The lowest BCUT2D eigenvalue weighted by molar-refractivity contribution is 0.0641. The first-order valence-corrected chi connectivity index (χ1v) is 7.66. The molecular formula is C17H13Cl2NO3. The zero-order valence-electron chi connectivity index (χ0n) is 12.5. The minimum Gasteiger partial charge on any atom is -0.496 e. The van der Waals surface area contributed by atoms with Crippen LogP contribution >= 0.6 is 23.2 Å². The lowest BCUT2D eigenvalue weighted by Crippen LogP contribution is -2.29. The number of fused-ring (bicyclic) bond motifs is 1. The minimum atomic E-state index is -0.382. The maximum atomic E-state index is 12.5. The topological polar surface area (TPSA) is 46.6 Å². The molecule has 0 N–H and O–H groups in total. The molecule has 1 heterocycles. The van der Waals surface area contributed by atoms with Gasteiger partial charge >= 0.3 is 0 Å². The standard InChI is InChI=1S/C17H13Cl2NO3/c1-9-3-4-15(23-2)10(5-9)8-20-16(21)11-6-13(18)14(19)7-12(11)17(20)22/h3-7H,8H2,1-2H3. The monoisotopic (exact) mass is 349 g/mol. The van der Waals surface area contributed by atoms with Crippen LogP contribution in [0.2, 0.25) is 10.0 Å². The fourth-order valence-corrected chi connectivity index (χ4v) is 2.96. The van der Waals surface area contributed by atoms with Crippen molar-refractivity contribution in [3.05, 3.63) is 62.6 Å². The molecule has 6 heteroatoms. The number of aryl methyl sites for hydroxylation is 1. The number of rotatable bonds is 3. The lowest BCUT2D eigenvalue weighted by atomic mass is 10.1. The average molecular weight is 350 g/mol. The molecule has 0 aromatic heterocycles. The molecule has 4 nitrogen and oxygen atoms in total. The molecule has 118 valence electrons. The molecule has 0 aliphatic carbocycles. The van der Waals surface area contributed by atoms with E-state index in [4.69, 9.17) is 27.9 Å². The number of nitrogens with zero attached hydrogens (tertiary/aromatic N) is 1. The molecular weight excluding hydrogens is 337 g/mol. The molecule has 23 heavy (non-hydrogen) atoms. The molecule has 0 spiro atoms. The highest BCUT2D eigenvalue weighted by molar-refractivity contribution is 6.43. The number of hydrogen-bond acceptors (Lipinski definition) is 3. The van der Waals surface area contributed by atoms with Crippen LogP contribution in [0.4, 0.5) is 0 Å². The van der Waals surface area contributed by atoms with Gasteiger partial charge < -0.3 is 4.74 Å². The van der Waals surface area contributed by atoms with Crippen molar-refractivity contribution in [2.24, 2.45) is 0 Å². The van der Waals surface area contributed by atoms with E-state index in [-0.39, 0.29) is 39.5 Å². The predicted molar refractivity (Wildman–Crippen MR) is 88.4 cm³/mol. The van der Waals surface area contributed by atoms with Crippen molar-refractivity contribution in [2.45, 2.75) is 13.5 Å². The van der Waals surface area contributed by atoms with Crippen LogP contribution in [0, 0.1) is 6.92 Å². The van der Waals surface area contributed by atoms with Crippen LogP contribution in [0.3, 0.4) is 0 Å². The van der Waals surface area contributed by atoms with Gasteiger partial charge in [-0.25, -0.2) is 0 Å². The van der Waals surface area contributed by atoms with Gasteiger partial charge in [-0.05, 0) is 25.1 Å². The van der Waals surface area contributed by atoms with E-state index in [1.807, 2.05) is 25.1 Å². The number of methoxy groups -OCH3 is 1. The molecule has 0 saturated heterocycles. The Labute approximate surface area is 143 Å². The third-order valence-corrected chi connectivity index (χ3v) is 4.50. The smallest absolute Gasteiger partial charge is 0.261 e. The van der Waals surface area contributed by atoms with Crippen LogP contribution in [0.1, 0.15) is 31.8 Å². The molecule has 0 unspecified atom stereocenters. The van der Waals surface area contributed by atoms with Crippen LogP contribution in [-0.2, 0) is 6.54 Å². The molecule has 2 aromatic rings. The maximum absolute atomic E-state index is 12.5. The lowest BCUT2D eigenvalue weighted by Gasteiger charge is -2.16. The number of benzene rings is 2. The largest absolute Gasteiger partial charge is 0.496 e. The molecule has 1 aliphatic heterocycles. The molecule has 0 bridgehead atoms. The number of amides is 2. The Morgan fingerprint density at radius 3 is 2.09 bits per heavy atom. The first kappa shape index (κ1) is 15.8. The van der Waals surface area contributed by atoms with Gasteiger partial charge in [0.15, 0.2) is 0 Å². The van der Waals surface area contributed by atoms with Gasteiger partial charge in [0.25, 0.3) is 11.8 Å². The molecule has 2 aromatic carbocycles. The van der Waals surface area contributed by atoms with Crippen molar-refractivity contribution in [3.8, 4) is 5.75 Å². The molecule has 0 fully saturated rings. The van der Waals surface area contributed by atoms with E-state index in [1.54, 1.807) is 7.11 Å². The SMILES string of the molecule is COc1ccc(C)cc1CN1C(=O)c2cc(Cl)c(Cl)cc2C1=O. The Balaban J connectivity index is 1.99. The highest BCUT2D eigenvalue weighted by atomic mass is 35.5. The van der Waals surface area contributed by atoms with Crippen LogP contribution in [0.5, 0.6) is 5.75 Å². The summed E-state index contributed by atoms with van der Waals surface area (Å²) in [5, 5.41) is 0.503. The number of hydrogen-bond donors (Lipinski definition) is 0. The Bertz CT molecular complexity index is 792. The van der Waals surface area contributed by atoms with Crippen molar-refractivity contribution in [1.29, 1.82) is 0 Å². The minimum absolute atomic E-state index is 0.131. The van der Waals surface area contributed by atoms with E-state index in [0.29, 0.717) is 5.75 Å². The van der Waals surface area contributed by atoms with E-state index in [9.17, 15) is 9.59 Å². The van der Waals surface area contributed by atoms with Crippen LogP contribution in [-0.4, -0.2) is 23.8 Å². The molecule has 0 atom stereocenters. The van der Waals surface area contributed by atoms with Crippen molar-refractivity contribution < 1.29 is 14.3 Å². The Morgan fingerprint density at radius 1 is 1.00 bits per heavy atom. The van der Waals surface area contributed by atoms with Gasteiger partial charge in [0.1, 0.15) is 5.75 Å². The summed E-state index contributed by atoms with van der Waals surface area (Å²) in [5.74, 6) is -0.137. The summed E-state index contributed by atoms with van der Waals surface area (Å²) in [5.41, 5.74) is 2.33. The second kappa shape index (κ2) is 5.87. The number of ether oxygens (including phenoxy) is 1. The summed E-state index contributed by atoms with van der Waals surface area (Å²) in [7, 11) is 1.55. The van der Waals surface area contributed by atoms with Crippen LogP contribution < -0.4 is 4.74 Å². The van der Waals surface area contributed by atoms with Gasteiger partial charge in [0, 0.05) is 5.56 Å². The third-order valence-electron chi connectivity index (χ3n) is 3.78. The van der Waals surface area contributed by atoms with Gasteiger partial charge in [-0.2, -0.15) is 0 Å². The highest BCUT2D eigenvalue weighted by Gasteiger charge is 2.36. The van der Waals surface area contributed by atoms with E-state index >= 15 is 0 Å². The Morgan fingerprint density at radius 2 is 1.57 bits per heavy atom. The molecule has 0 radical (unpaired) electrons. The van der Waals surface area contributed by atoms with Crippen molar-refractivity contribution in [2.75, 3.05) is 7.11 Å². The Kier molecular flexibility index (Phi) is 4.04. The summed E-state index contributed by atoms with van der Waals surface area (Å²) in [6.07, 6.45) is 0. The molecule has 3 rings (SSSR count). The predicted octanol–water partition coefficient (Wildman–Crippen LogP) is 4.11. The van der Waals surface area contributed by atoms with Crippen molar-refractivity contribution in [3.63, 3.8) is 0 Å². The number of carbonyl (C=O) groups is 2. The van der Waals surface area contributed by atoms with Crippen LogP contribution in [0.25, 0.3) is 0 Å². The quantitative estimate of drug-likeness (QED) is 0.783. The van der Waals surface area contributed by atoms with Crippen molar-refractivity contribution in [1.82, 2.24) is 4.90 Å². The number of carbonyl (C=O) groups excluding carboxylic acids is 2. The summed E-state index contributed by atoms with van der Waals surface area (Å²) in [6.45, 7) is 2.07.